The van der Waals surface area contributed by atoms with Crippen LogP contribution in [0, 0.1) is 6.57 Å². The van der Waals surface area contributed by atoms with Crippen LogP contribution in [0.15, 0.2) is 59.7 Å². The van der Waals surface area contributed by atoms with Crippen molar-refractivity contribution in [1.29, 1.82) is 0 Å². The first-order chi connectivity index (χ1) is 10.9. The molecule has 0 amide bonds. The fourth-order valence-electron chi connectivity index (χ4n) is 2.01. The van der Waals surface area contributed by atoms with E-state index in [1.165, 1.54) is 0 Å². The summed E-state index contributed by atoms with van der Waals surface area (Å²) < 4.78 is 0. The second-order valence-electron chi connectivity index (χ2n) is 6.18. The van der Waals surface area contributed by atoms with Crippen LogP contribution in [-0.4, -0.2) is 11.6 Å². The Kier molecular flexibility index (Phi) is 4.92. The highest BCUT2D eigenvalue weighted by Crippen LogP contribution is 2.22. The summed E-state index contributed by atoms with van der Waals surface area (Å²) in [6, 6.07) is 16.5. The molecule has 4 nitrogen and oxygen atoms in total. The largest absolute Gasteiger partial charge is 0.356 e. The number of benzene rings is 2. The molecule has 0 aromatic heterocycles. The number of nitrogens with one attached hydrogen (secondary N) is 1. The molecule has 0 saturated carbocycles. The summed E-state index contributed by atoms with van der Waals surface area (Å²) in [6.45, 7) is 13.5. The van der Waals surface area contributed by atoms with Crippen molar-refractivity contribution >= 4 is 17.3 Å². The number of hydrogen-bond acceptors (Lipinski definition) is 3. The van der Waals surface area contributed by atoms with E-state index in [4.69, 9.17) is 6.57 Å². The van der Waals surface area contributed by atoms with Crippen LogP contribution in [0.3, 0.4) is 0 Å². The van der Waals surface area contributed by atoms with Gasteiger partial charge in [0.1, 0.15) is 0 Å². The highest BCUT2D eigenvalue weighted by atomic mass is 16.1. The summed E-state index contributed by atoms with van der Waals surface area (Å²) in [5, 5.41) is 3.92. The summed E-state index contributed by atoms with van der Waals surface area (Å²) in [4.78, 5) is 15.6. The molecule has 2 rings (SSSR count). The summed E-state index contributed by atoms with van der Waals surface area (Å²) in [7, 11) is 0. The molecule has 0 unspecified atom stereocenters. The zero-order chi connectivity index (χ0) is 16.9. The van der Waals surface area contributed by atoms with Crippen molar-refractivity contribution in [1.82, 2.24) is 0 Å². The number of hydrogen-bond donors (Lipinski definition) is 1. The Hall–Kier alpha value is -2.93. The van der Waals surface area contributed by atoms with E-state index in [9.17, 15) is 4.79 Å². The molecule has 4 heteroatoms. The molecule has 0 bridgehead atoms. The molecule has 0 aliphatic heterocycles. The van der Waals surface area contributed by atoms with Crippen molar-refractivity contribution in [2.75, 3.05) is 5.43 Å². The zero-order valence-corrected chi connectivity index (χ0v) is 13.5. The van der Waals surface area contributed by atoms with E-state index in [0.717, 1.165) is 11.3 Å². The fourth-order valence-corrected chi connectivity index (χ4v) is 2.01. The Labute approximate surface area is 136 Å². The van der Waals surface area contributed by atoms with Gasteiger partial charge in [0.15, 0.2) is 0 Å². The maximum Gasteiger partial charge on any atom is 0.341 e. The van der Waals surface area contributed by atoms with Gasteiger partial charge in [0.05, 0.1) is 5.69 Å². The molecule has 0 fully saturated rings. The van der Waals surface area contributed by atoms with Gasteiger partial charge in [-0.3, -0.25) is 0 Å². The smallest absolute Gasteiger partial charge is 0.341 e. The Morgan fingerprint density at radius 3 is 2.17 bits per heavy atom. The third-order valence-corrected chi connectivity index (χ3v) is 3.39. The van der Waals surface area contributed by atoms with Crippen LogP contribution in [0.4, 0.5) is 5.69 Å². The molecule has 0 atom stereocenters. The average Bonchev–Trinajstić information content (AvgIpc) is 2.55. The van der Waals surface area contributed by atoms with Crippen molar-refractivity contribution < 1.29 is 4.79 Å². The van der Waals surface area contributed by atoms with Gasteiger partial charge in [0, 0.05) is 5.56 Å². The summed E-state index contributed by atoms with van der Waals surface area (Å²) in [5.74, 6) is -0.568. The molecule has 0 heterocycles. The van der Waals surface area contributed by atoms with E-state index < -0.39 is 0 Å². The maximum absolute atomic E-state index is 12.4. The number of para-hydroxylation sites is 1. The van der Waals surface area contributed by atoms with E-state index in [-0.39, 0.29) is 17.0 Å². The first-order valence-corrected chi connectivity index (χ1v) is 7.33. The van der Waals surface area contributed by atoms with Crippen LogP contribution in [0.1, 0.15) is 36.7 Å². The third kappa shape index (κ3) is 4.27. The van der Waals surface area contributed by atoms with Gasteiger partial charge in [0.25, 0.3) is 0 Å². The van der Waals surface area contributed by atoms with Gasteiger partial charge in [-0.05, 0) is 28.2 Å². The topological polar surface area (TPSA) is 45.8 Å². The number of anilines is 1. The minimum absolute atomic E-state index is 0.0210. The maximum atomic E-state index is 12.4. The lowest BCUT2D eigenvalue weighted by Gasteiger charge is -2.18. The Balaban J connectivity index is 2.18. The SMILES string of the molecule is [C-]#[N+]/C(=N\Nc1ccccc1)C(=O)c1ccc(C(C)(C)C)cc1. The molecule has 2 aromatic carbocycles. The first-order valence-electron chi connectivity index (χ1n) is 7.33. The van der Waals surface area contributed by atoms with E-state index in [1.807, 2.05) is 42.5 Å². The van der Waals surface area contributed by atoms with Crippen LogP contribution < -0.4 is 5.43 Å². The van der Waals surface area contributed by atoms with E-state index >= 15 is 0 Å². The van der Waals surface area contributed by atoms with Crippen LogP contribution in [0.2, 0.25) is 0 Å². The second kappa shape index (κ2) is 6.89. The lowest BCUT2D eigenvalue weighted by molar-refractivity contribution is 0.106. The predicted octanol–water partition coefficient (Wildman–Crippen LogP) is 4.51. The molecule has 116 valence electrons. The van der Waals surface area contributed by atoms with Crippen LogP contribution in [0.25, 0.3) is 4.85 Å². The average molecular weight is 305 g/mol. The number of carbonyl (C=O) groups is 1. The number of nitrogens with zero attached hydrogens (tertiary/aromatic N) is 2. The van der Waals surface area contributed by atoms with Gasteiger partial charge in [-0.15, -0.1) is 0 Å². The van der Waals surface area contributed by atoms with Gasteiger partial charge in [-0.1, -0.05) is 69.8 Å². The highest BCUT2D eigenvalue weighted by Gasteiger charge is 2.17. The standard InChI is InChI=1S/C19H19N3O/c1-19(2,3)15-12-10-14(11-13-15)17(23)18(20-4)22-21-16-8-6-5-7-9-16/h5-13,21H,1-3H3/b22-18-. The predicted molar refractivity (Wildman–Crippen MR) is 93.6 cm³/mol. The number of ketones is 1. The van der Waals surface area contributed by atoms with E-state index in [1.54, 1.807) is 12.1 Å². The minimum atomic E-state index is -0.385. The minimum Gasteiger partial charge on any atom is -0.356 e. The monoisotopic (exact) mass is 305 g/mol. The van der Waals surface area contributed by atoms with Crippen LogP contribution >= 0.6 is 0 Å². The first kappa shape index (κ1) is 16.4. The lowest BCUT2D eigenvalue weighted by atomic mass is 9.86. The Bertz CT molecular complexity index is 748. The summed E-state index contributed by atoms with van der Waals surface area (Å²) >= 11 is 0. The lowest BCUT2D eigenvalue weighted by Crippen LogP contribution is -2.14. The number of amidine groups is 1. The van der Waals surface area contributed by atoms with Crippen molar-refractivity contribution in [2.45, 2.75) is 26.2 Å². The van der Waals surface area contributed by atoms with Gasteiger partial charge in [-0.2, -0.15) is 0 Å². The number of hydrazone groups is 1. The third-order valence-electron chi connectivity index (χ3n) is 3.39. The van der Waals surface area contributed by atoms with Crippen LogP contribution in [0.5, 0.6) is 0 Å². The van der Waals surface area contributed by atoms with Crippen molar-refractivity contribution in [3.05, 3.63) is 77.1 Å². The molecule has 0 aliphatic carbocycles. The number of carbonyl (C=O) groups excluding carboxylic acids is 1. The molecule has 0 radical (unpaired) electrons. The normalized spacial score (nSPS) is 11.7. The highest BCUT2D eigenvalue weighted by molar-refractivity contribution is 6.48. The fraction of sp³-hybridized carbons (Fsp3) is 0.211. The molecule has 1 N–H and O–H groups in total. The molecule has 23 heavy (non-hydrogen) atoms. The van der Waals surface area contributed by atoms with Gasteiger partial charge >= 0.3 is 5.84 Å². The molecular weight excluding hydrogens is 286 g/mol. The van der Waals surface area contributed by atoms with Gasteiger partial charge in [0.2, 0.25) is 5.78 Å². The van der Waals surface area contributed by atoms with Gasteiger partial charge < -0.3 is 9.64 Å². The molecule has 0 spiro atoms. The summed E-state index contributed by atoms with van der Waals surface area (Å²) in [6.07, 6.45) is 0. The van der Waals surface area contributed by atoms with Gasteiger partial charge in [-0.25, -0.2) is 5.43 Å². The van der Waals surface area contributed by atoms with Crippen molar-refractivity contribution in [3.63, 3.8) is 0 Å². The molecular formula is C19H19N3O. The Morgan fingerprint density at radius 1 is 1.04 bits per heavy atom. The number of rotatable bonds is 4. The zero-order valence-electron chi connectivity index (χ0n) is 13.5. The second-order valence-corrected chi connectivity index (χ2v) is 6.18. The summed E-state index contributed by atoms with van der Waals surface area (Å²) in [5.41, 5.74) is 5.08. The van der Waals surface area contributed by atoms with E-state index in [2.05, 4.69) is 36.1 Å². The van der Waals surface area contributed by atoms with E-state index in [0.29, 0.717) is 5.56 Å². The van der Waals surface area contributed by atoms with Crippen molar-refractivity contribution in [2.24, 2.45) is 5.10 Å². The number of Topliss-reactive ketones (excluding diaryl/α,β-unsaturated/α-hetero) is 1. The molecule has 0 aliphatic rings. The van der Waals surface area contributed by atoms with Crippen molar-refractivity contribution in [3.8, 4) is 0 Å². The van der Waals surface area contributed by atoms with Crippen LogP contribution in [-0.2, 0) is 5.41 Å². The quantitative estimate of drug-likeness (QED) is 0.297. The Morgan fingerprint density at radius 2 is 1.65 bits per heavy atom. The molecule has 2 aromatic rings. The molecule has 0 saturated heterocycles.